The Bertz CT molecular complexity index is 421. The maximum Gasteiger partial charge on any atom is 0.398 e. The quantitative estimate of drug-likeness (QED) is 0.779. The lowest BCUT2D eigenvalue weighted by molar-refractivity contribution is 0.303. The molecule has 1 aliphatic rings. The zero-order valence-electron chi connectivity index (χ0n) is 10.2. The van der Waals surface area contributed by atoms with Gasteiger partial charge in [-0.25, -0.2) is 4.57 Å². The molecule has 0 aromatic heterocycles. The van der Waals surface area contributed by atoms with Gasteiger partial charge in [0.05, 0.1) is 0 Å². The minimum absolute atomic E-state index is 1.25. The summed E-state index contributed by atoms with van der Waals surface area (Å²) in [5.74, 6) is 0. The third-order valence-corrected chi connectivity index (χ3v) is 10.1. The number of nitrogens with zero attached hydrogens (tertiary/aromatic N) is 2. The van der Waals surface area contributed by atoms with Crippen LogP contribution >= 0.6 is 23.0 Å². The summed E-state index contributed by atoms with van der Waals surface area (Å²) in [6.45, 7) is 0. The van der Waals surface area contributed by atoms with Crippen molar-refractivity contribution in [2.24, 2.45) is 9.03 Å². The van der Waals surface area contributed by atoms with Gasteiger partial charge < -0.3 is 22.6 Å². The van der Waals surface area contributed by atoms with Crippen molar-refractivity contribution >= 4 is 23.0 Å². The molecule has 0 radical (unpaired) electrons. The van der Waals surface area contributed by atoms with E-state index < -0.39 is 23.0 Å². The number of nitrogens with one attached hydrogen (secondary N) is 1. The lowest BCUT2D eigenvalue weighted by Crippen LogP contribution is -2.13. The second kappa shape index (κ2) is 5.61. The largest absolute Gasteiger partial charge is 0.398 e. The van der Waals surface area contributed by atoms with Gasteiger partial charge in [0.1, 0.15) is 0 Å². The fourth-order valence-electron chi connectivity index (χ4n) is 1.04. The summed E-state index contributed by atoms with van der Waals surface area (Å²) < 4.78 is 45.7. The van der Waals surface area contributed by atoms with Crippen molar-refractivity contribution in [1.29, 1.82) is 0 Å². The molecule has 0 aromatic rings. The Morgan fingerprint density at radius 3 is 1.71 bits per heavy atom. The van der Waals surface area contributed by atoms with Crippen LogP contribution in [0, 0.1) is 0 Å². The van der Waals surface area contributed by atoms with Gasteiger partial charge in [-0.3, -0.25) is 0 Å². The highest BCUT2D eigenvalue weighted by atomic mass is 31.3. The molecule has 1 atom stereocenters. The molecule has 1 rings (SSSR count). The second-order valence-corrected chi connectivity index (χ2v) is 9.84. The first kappa shape index (κ1) is 15.5. The molecule has 0 saturated heterocycles. The minimum Gasteiger partial charge on any atom is -0.315 e. The van der Waals surface area contributed by atoms with Gasteiger partial charge in [0.15, 0.2) is 0 Å². The van der Waals surface area contributed by atoms with Crippen molar-refractivity contribution in [1.82, 2.24) is 4.86 Å². The van der Waals surface area contributed by atoms with Crippen LogP contribution in [0.25, 0.3) is 0 Å². The van der Waals surface area contributed by atoms with Gasteiger partial charge in [0.25, 0.3) is 0 Å². The molecule has 1 heterocycles. The predicted molar refractivity (Wildman–Crippen MR) is 64.5 cm³/mol. The van der Waals surface area contributed by atoms with Crippen molar-refractivity contribution in [3.8, 4) is 0 Å². The van der Waals surface area contributed by atoms with E-state index in [0.29, 0.717) is 0 Å². The van der Waals surface area contributed by atoms with E-state index in [2.05, 4.69) is 13.9 Å². The second-order valence-electron chi connectivity index (χ2n) is 2.72. The van der Waals surface area contributed by atoms with Gasteiger partial charge in [-0.15, -0.1) is 13.9 Å². The lowest BCUT2D eigenvalue weighted by atomic mass is 11.8. The summed E-state index contributed by atoms with van der Waals surface area (Å²) in [6.07, 6.45) is 0. The molecular formula is C5H16N3O6P3. The first-order chi connectivity index (χ1) is 7.92. The summed E-state index contributed by atoms with van der Waals surface area (Å²) >= 11 is 0. The maximum atomic E-state index is 12.2. The third kappa shape index (κ3) is 3.07. The van der Waals surface area contributed by atoms with E-state index >= 15 is 0 Å². The van der Waals surface area contributed by atoms with E-state index in [1.165, 1.54) is 35.5 Å². The monoisotopic (exact) mass is 307 g/mol. The molecule has 0 amide bonds. The van der Waals surface area contributed by atoms with Gasteiger partial charge in [-0.05, 0) is 0 Å². The summed E-state index contributed by atoms with van der Waals surface area (Å²) in [5, 5.41) is 0. The molecule has 1 N–H and O–H groups in total. The molecule has 1 aliphatic heterocycles. The number of hydrogen-bond donors (Lipinski definition) is 1. The van der Waals surface area contributed by atoms with Crippen molar-refractivity contribution in [3.63, 3.8) is 0 Å². The first-order valence-corrected chi connectivity index (χ1v) is 9.07. The van der Waals surface area contributed by atoms with Crippen LogP contribution in [-0.4, -0.2) is 35.5 Å². The Hall–Kier alpha value is 0.450. The molecule has 1 unspecified atom stereocenters. The summed E-state index contributed by atoms with van der Waals surface area (Å²) in [5.41, 5.74) is 0. The van der Waals surface area contributed by atoms with Crippen LogP contribution in [0.3, 0.4) is 0 Å². The molecule has 0 bridgehead atoms. The Morgan fingerprint density at radius 1 is 0.824 bits per heavy atom. The summed E-state index contributed by atoms with van der Waals surface area (Å²) in [6, 6.07) is 0. The Kier molecular flexibility index (Phi) is 5.12. The van der Waals surface area contributed by atoms with Crippen LogP contribution in [0.2, 0.25) is 0 Å². The van der Waals surface area contributed by atoms with E-state index in [1.807, 2.05) is 0 Å². The van der Waals surface area contributed by atoms with E-state index in [1.54, 1.807) is 0 Å². The molecule has 102 valence electrons. The first-order valence-electron chi connectivity index (χ1n) is 4.38. The number of hydrogen-bond acceptors (Lipinski definition) is 7. The lowest BCUT2D eigenvalue weighted by Gasteiger charge is -2.31. The van der Waals surface area contributed by atoms with Crippen LogP contribution in [0.1, 0.15) is 0 Å². The topological polar surface area (TPSA) is 100.0 Å². The fourth-order valence-corrected chi connectivity index (χ4v) is 9.53. The fraction of sp³-hybridized carbons (Fsp3) is 1.00. The summed E-state index contributed by atoms with van der Waals surface area (Å²) in [4.78, 5) is 2.55. The van der Waals surface area contributed by atoms with E-state index in [0.717, 1.165) is 0 Å². The van der Waals surface area contributed by atoms with Crippen LogP contribution in [0.5, 0.6) is 0 Å². The Balaban J connectivity index is 3.45. The van der Waals surface area contributed by atoms with Crippen LogP contribution in [-0.2, 0) is 27.2 Å². The molecule has 0 fully saturated rings. The van der Waals surface area contributed by atoms with Gasteiger partial charge in [-0.2, -0.15) is 0 Å². The zero-order chi connectivity index (χ0) is 13.2. The van der Waals surface area contributed by atoms with Gasteiger partial charge >= 0.3 is 23.0 Å². The van der Waals surface area contributed by atoms with Gasteiger partial charge in [-0.1, -0.05) is 0 Å². The van der Waals surface area contributed by atoms with Crippen LogP contribution in [0.4, 0.5) is 0 Å². The zero-order valence-corrected chi connectivity index (χ0v) is 12.9. The van der Waals surface area contributed by atoms with Crippen LogP contribution in [0.15, 0.2) is 9.03 Å². The average Bonchev–Trinajstić information content (AvgIpc) is 2.37. The Labute approximate surface area is 100 Å². The van der Waals surface area contributed by atoms with Crippen molar-refractivity contribution in [2.75, 3.05) is 35.5 Å². The maximum absolute atomic E-state index is 12.2. The highest BCUT2D eigenvalue weighted by Crippen LogP contribution is 2.75. The van der Waals surface area contributed by atoms with Crippen molar-refractivity contribution in [2.45, 2.75) is 0 Å². The van der Waals surface area contributed by atoms with Crippen molar-refractivity contribution in [3.05, 3.63) is 0 Å². The molecule has 17 heavy (non-hydrogen) atoms. The smallest absolute Gasteiger partial charge is 0.315 e. The standard InChI is InChI=1S/C5H16N3O6P3/c1-10-15(9)6-16(11-2,12-3)8-17(7-15,13-4)14-5/h1-5H3,(H,6,9). The molecule has 0 spiro atoms. The highest BCUT2D eigenvalue weighted by molar-refractivity contribution is 7.80. The molecule has 0 saturated carbocycles. The van der Waals surface area contributed by atoms with Gasteiger partial charge in [0.2, 0.25) is 0 Å². The minimum atomic E-state index is -3.52. The average molecular weight is 307 g/mol. The molecule has 0 aliphatic carbocycles. The SMILES string of the molecule is COP1(=O)N=P(OC)(OC)N=P(OC)(OC)N1. The molecule has 9 nitrogen and oxygen atoms in total. The van der Waals surface area contributed by atoms with Crippen molar-refractivity contribution < 1.29 is 27.2 Å². The highest BCUT2D eigenvalue weighted by Gasteiger charge is 2.43. The van der Waals surface area contributed by atoms with Crippen LogP contribution < -0.4 is 4.86 Å². The molecule has 0 aromatic carbocycles. The van der Waals surface area contributed by atoms with E-state index in [9.17, 15) is 4.57 Å². The van der Waals surface area contributed by atoms with Gasteiger partial charge in [0, 0.05) is 35.5 Å². The Morgan fingerprint density at radius 2 is 1.35 bits per heavy atom. The molecular weight excluding hydrogens is 291 g/mol. The predicted octanol–water partition coefficient (Wildman–Crippen LogP) is 2.82. The summed E-state index contributed by atoms with van der Waals surface area (Å²) in [7, 11) is -2.81. The van der Waals surface area contributed by atoms with E-state index in [4.69, 9.17) is 22.6 Å². The third-order valence-electron chi connectivity index (χ3n) is 1.93. The normalized spacial score (nSPS) is 30.4. The molecule has 12 heteroatoms. The number of rotatable bonds is 5. The van der Waals surface area contributed by atoms with E-state index in [-0.39, 0.29) is 0 Å².